The van der Waals surface area contributed by atoms with Gasteiger partial charge in [-0.1, -0.05) is 0 Å². The SMILES string of the molecule is CCn1ccnc1NC(C)CN1CCOCC1. The highest BCUT2D eigenvalue weighted by Crippen LogP contribution is 2.07. The second kappa shape index (κ2) is 6.02. The number of hydrogen-bond donors (Lipinski definition) is 1. The molecule has 1 saturated heterocycles. The minimum Gasteiger partial charge on any atom is -0.379 e. The lowest BCUT2D eigenvalue weighted by molar-refractivity contribution is 0.0367. The lowest BCUT2D eigenvalue weighted by Crippen LogP contribution is -2.42. The summed E-state index contributed by atoms with van der Waals surface area (Å²) in [5, 5.41) is 3.46. The second-order valence-corrected chi connectivity index (χ2v) is 4.50. The van der Waals surface area contributed by atoms with Crippen LogP contribution in [0.25, 0.3) is 0 Å². The average molecular weight is 238 g/mol. The molecule has 2 heterocycles. The van der Waals surface area contributed by atoms with Gasteiger partial charge in [0.25, 0.3) is 0 Å². The number of rotatable bonds is 5. The number of morpholine rings is 1. The van der Waals surface area contributed by atoms with Crippen LogP contribution in [0.2, 0.25) is 0 Å². The third-order valence-corrected chi connectivity index (χ3v) is 3.07. The van der Waals surface area contributed by atoms with Crippen LogP contribution < -0.4 is 5.32 Å². The predicted molar refractivity (Wildman–Crippen MR) is 68.2 cm³/mol. The molecule has 17 heavy (non-hydrogen) atoms. The summed E-state index contributed by atoms with van der Waals surface area (Å²) in [7, 11) is 0. The Kier molecular flexibility index (Phi) is 4.39. The molecule has 2 rings (SSSR count). The molecule has 1 aliphatic rings. The molecule has 0 amide bonds. The van der Waals surface area contributed by atoms with Crippen LogP contribution >= 0.6 is 0 Å². The summed E-state index contributed by atoms with van der Waals surface area (Å²) in [4.78, 5) is 6.76. The van der Waals surface area contributed by atoms with E-state index in [4.69, 9.17) is 4.74 Å². The molecule has 1 atom stereocenters. The van der Waals surface area contributed by atoms with Crippen molar-refractivity contribution in [2.75, 3.05) is 38.2 Å². The third kappa shape index (κ3) is 3.44. The van der Waals surface area contributed by atoms with Crippen LogP contribution in [0.5, 0.6) is 0 Å². The molecule has 0 saturated carbocycles. The second-order valence-electron chi connectivity index (χ2n) is 4.50. The van der Waals surface area contributed by atoms with Gasteiger partial charge in [-0.15, -0.1) is 0 Å². The molecule has 1 unspecified atom stereocenters. The van der Waals surface area contributed by atoms with Crippen LogP contribution in [0.15, 0.2) is 12.4 Å². The maximum atomic E-state index is 5.35. The van der Waals surface area contributed by atoms with Crippen LogP contribution in [0, 0.1) is 0 Å². The van der Waals surface area contributed by atoms with Gasteiger partial charge in [-0.05, 0) is 13.8 Å². The van der Waals surface area contributed by atoms with E-state index >= 15 is 0 Å². The van der Waals surface area contributed by atoms with Crippen LogP contribution in [-0.4, -0.2) is 53.3 Å². The Balaban J connectivity index is 1.82. The number of anilines is 1. The largest absolute Gasteiger partial charge is 0.379 e. The fourth-order valence-corrected chi connectivity index (χ4v) is 2.14. The van der Waals surface area contributed by atoms with E-state index in [1.54, 1.807) is 0 Å². The molecular formula is C12H22N4O. The summed E-state index contributed by atoms with van der Waals surface area (Å²) >= 11 is 0. The molecule has 0 aliphatic carbocycles. The highest BCUT2D eigenvalue weighted by molar-refractivity contribution is 5.27. The Hall–Kier alpha value is -1.07. The van der Waals surface area contributed by atoms with E-state index < -0.39 is 0 Å². The summed E-state index contributed by atoms with van der Waals surface area (Å²) in [5.41, 5.74) is 0. The molecule has 0 bridgehead atoms. The van der Waals surface area contributed by atoms with Gasteiger partial charge < -0.3 is 14.6 Å². The zero-order valence-electron chi connectivity index (χ0n) is 10.7. The van der Waals surface area contributed by atoms with Gasteiger partial charge in [-0.2, -0.15) is 0 Å². The molecular weight excluding hydrogens is 216 g/mol. The summed E-state index contributed by atoms with van der Waals surface area (Å²) in [6, 6.07) is 0.404. The first-order chi connectivity index (χ1) is 8.29. The molecule has 0 spiro atoms. The number of hydrogen-bond acceptors (Lipinski definition) is 4. The van der Waals surface area contributed by atoms with Crippen molar-refractivity contribution in [3.63, 3.8) is 0 Å². The highest BCUT2D eigenvalue weighted by atomic mass is 16.5. The van der Waals surface area contributed by atoms with E-state index in [0.717, 1.165) is 45.3 Å². The molecule has 1 fully saturated rings. The number of ether oxygens (including phenoxy) is 1. The fraction of sp³-hybridized carbons (Fsp3) is 0.750. The Bertz CT molecular complexity index is 333. The van der Waals surface area contributed by atoms with Gasteiger partial charge >= 0.3 is 0 Å². The monoisotopic (exact) mass is 238 g/mol. The summed E-state index contributed by atoms with van der Waals surface area (Å²) < 4.78 is 7.47. The van der Waals surface area contributed by atoms with Crippen LogP contribution in [0.1, 0.15) is 13.8 Å². The smallest absolute Gasteiger partial charge is 0.203 e. The van der Waals surface area contributed by atoms with E-state index in [9.17, 15) is 0 Å². The van der Waals surface area contributed by atoms with Crippen molar-refractivity contribution in [2.45, 2.75) is 26.4 Å². The number of nitrogens with one attached hydrogen (secondary N) is 1. The first kappa shape index (κ1) is 12.4. The molecule has 1 aromatic heterocycles. The van der Waals surface area contributed by atoms with E-state index in [1.807, 2.05) is 12.4 Å². The van der Waals surface area contributed by atoms with Crippen molar-refractivity contribution in [3.8, 4) is 0 Å². The molecule has 0 radical (unpaired) electrons. The van der Waals surface area contributed by atoms with Crippen molar-refractivity contribution < 1.29 is 4.74 Å². The Morgan fingerprint density at radius 3 is 2.94 bits per heavy atom. The van der Waals surface area contributed by atoms with Crippen molar-refractivity contribution in [3.05, 3.63) is 12.4 Å². The quantitative estimate of drug-likeness (QED) is 0.832. The van der Waals surface area contributed by atoms with E-state index in [0.29, 0.717) is 6.04 Å². The van der Waals surface area contributed by atoms with E-state index in [2.05, 4.69) is 33.6 Å². The van der Waals surface area contributed by atoms with Gasteiger partial charge in [0.15, 0.2) is 0 Å². The zero-order chi connectivity index (χ0) is 12.1. The summed E-state index contributed by atoms with van der Waals surface area (Å²) in [5.74, 6) is 0.966. The normalized spacial score (nSPS) is 19.2. The molecule has 1 N–H and O–H groups in total. The maximum absolute atomic E-state index is 5.35. The fourth-order valence-electron chi connectivity index (χ4n) is 2.14. The molecule has 0 aromatic carbocycles. The highest BCUT2D eigenvalue weighted by Gasteiger charge is 2.14. The number of aromatic nitrogens is 2. The molecule has 5 nitrogen and oxygen atoms in total. The molecule has 5 heteroatoms. The van der Waals surface area contributed by atoms with Gasteiger partial charge in [0.1, 0.15) is 0 Å². The average Bonchev–Trinajstić information content (AvgIpc) is 2.77. The van der Waals surface area contributed by atoms with Crippen LogP contribution in [0.4, 0.5) is 5.95 Å². The number of nitrogens with zero attached hydrogens (tertiary/aromatic N) is 3. The van der Waals surface area contributed by atoms with Crippen LogP contribution in [-0.2, 0) is 11.3 Å². The first-order valence-electron chi connectivity index (χ1n) is 6.37. The van der Waals surface area contributed by atoms with Gasteiger partial charge in [0.2, 0.25) is 5.95 Å². The predicted octanol–water partition coefficient (Wildman–Crippen LogP) is 1.04. The van der Waals surface area contributed by atoms with Crippen molar-refractivity contribution in [1.29, 1.82) is 0 Å². The summed E-state index contributed by atoms with van der Waals surface area (Å²) in [6.07, 6.45) is 3.84. The Morgan fingerprint density at radius 2 is 2.24 bits per heavy atom. The number of imidazole rings is 1. The topological polar surface area (TPSA) is 42.3 Å². The van der Waals surface area contributed by atoms with Crippen molar-refractivity contribution in [1.82, 2.24) is 14.5 Å². The minimum absolute atomic E-state index is 0.404. The summed E-state index contributed by atoms with van der Waals surface area (Å²) in [6.45, 7) is 10.1. The molecule has 96 valence electrons. The lowest BCUT2D eigenvalue weighted by atomic mass is 10.3. The Morgan fingerprint density at radius 1 is 1.47 bits per heavy atom. The zero-order valence-corrected chi connectivity index (χ0v) is 10.7. The van der Waals surface area contributed by atoms with Gasteiger partial charge in [0, 0.05) is 44.6 Å². The first-order valence-corrected chi connectivity index (χ1v) is 6.37. The van der Waals surface area contributed by atoms with Gasteiger partial charge in [-0.3, -0.25) is 4.90 Å². The standard InChI is InChI=1S/C12H22N4O/c1-3-16-5-4-13-12(16)14-11(2)10-15-6-8-17-9-7-15/h4-5,11H,3,6-10H2,1-2H3,(H,13,14). The van der Waals surface area contributed by atoms with E-state index in [1.165, 1.54) is 0 Å². The Labute approximate surface area is 103 Å². The van der Waals surface area contributed by atoms with Gasteiger partial charge in [0.05, 0.1) is 13.2 Å². The van der Waals surface area contributed by atoms with Crippen molar-refractivity contribution >= 4 is 5.95 Å². The lowest BCUT2D eigenvalue weighted by Gasteiger charge is -2.29. The van der Waals surface area contributed by atoms with Gasteiger partial charge in [-0.25, -0.2) is 4.98 Å². The van der Waals surface area contributed by atoms with Crippen molar-refractivity contribution in [2.24, 2.45) is 0 Å². The minimum atomic E-state index is 0.404. The van der Waals surface area contributed by atoms with Crippen LogP contribution in [0.3, 0.4) is 0 Å². The third-order valence-electron chi connectivity index (χ3n) is 3.07. The molecule has 1 aromatic rings. The maximum Gasteiger partial charge on any atom is 0.203 e. The van der Waals surface area contributed by atoms with E-state index in [-0.39, 0.29) is 0 Å². The number of aryl methyl sites for hydroxylation is 1. The molecule has 1 aliphatic heterocycles.